The maximum absolute atomic E-state index is 12.2. The van der Waals surface area contributed by atoms with Gasteiger partial charge in [0.2, 0.25) is 0 Å². The molecule has 5 heteroatoms. The van der Waals surface area contributed by atoms with E-state index in [1.54, 1.807) is 23.1 Å². The second kappa shape index (κ2) is 5.23. The first kappa shape index (κ1) is 12.6. The lowest BCUT2D eigenvalue weighted by Gasteiger charge is -2.08. The predicted octanol–water partition coefficient (Wildman–Crippen LogP) is 3.08. The van der Waals surface area contributed by atoms with Crippen LogP contribution < -0.4 is 0 Å². The van der Waals surface area contributed by atoms with E-state index in [2.05, 4.69) is 6.92 Å². The van der Waals surface area contributed by atoms with E-state index in [-0.39, 0.29) is 18.1 Å². The predicted molar refractivity (Wildman–Crippen MR) is 69.1 cm³/mol. The summed E-state index contributed by atoms with van der Waals surface area (Å²) in [5.74, 6) is -0.382. The molecule has 17 heavy (non-hydrogen) atoms. The first-order valence-electron chi connectivity index (χ1n) is 5.63. The monoisotopic (exact) mass is 270 g/mol. The lowest BCUT2D eigenvalue weighted by atomic mass is 9.93. The van der Waals surface area contributed by atoms with Gasteiger partial charge in [-0.15, -0.1) is 23.1 Å². The second-order valence-corrected chi connectivity index (χ2v) is 6.56. The van der Waals surface area contributed by atoms with Crippen molar-refractivity contribution in [2.24, 2.45) is 5.92 Å². The van der Waals surface area contributed by atoms with Crippen LogP contribution >= 0.6 is 23.1 Å². The van der Waals surface area contributed by atoms with Crippen LogP contribution in [0, 0.1) is 5.92 Å². The summed E-state index contributed by atoms with van der Waals surface area (Å²) in [4.78, 5) is 24.2. The zero-order valence-corrected chi connectivity index (χ0v) is 11.2. The van der Waals surface area contributed by atoms with Crippen molar-refractivity contribution in [1.29, 1.82) is 0 Å². The number of carbonyl (C=O) groups excluding carboxylic acids is 1. The van der Waals surface area contributed by atoms with E-state index in [1.807, 2.05) is 6.07 Å². The van der Waals surface area contributed by atoms with Gasteiger partial charge in [-0.25, -0.2) is 0 Å². The number of carboxylic acid groups (broad SMARTS) is 1. The Morgan fingerprint density at radius 2 is 2.35 bits per heavy atom. The number of ketones is 1. The highest BCUT2D eigenvalue weighted by molar-refractivity contribution is 8.01. The molecule has 0 aromatic carbocycles. The topological polar surface area (TPSA) is 54.4 Å². The Balaban J connectivity index is 2.28. The normalized spacial score (nSPS) is 19.8. The molecule has 0 fully saturated rings. The molecule has 0 spiro atoms. The molecule has 2 heterocycles. The summed E-state index contributed by atoms with van der Waals surface area (Å²) < 4.78 is 1.07. The average molecular weight is 270 g/mol. The van der Waals surface area contributed by atoms with E-state index in [4.69, 9.17) is 5.11 Å². The third kappa shape index (κ3) is 2.72. The number of hydrogen-bond donors (Lipinski definition) is 1. The van der Waals surface area contributed by atoms with Crippen LogP contribution in [-0.2, 0) is 11.2 Å². The molecule has 0 saturated carbocycles. The van der Waals surface area contributed by atoms with Crippen molar-refractivity contribution in [1.82, 2.24) is 0 Å². The van der Waals surface area contributed by atoms with Crippen LogP contribution in [0.15, 0.2) is 10.3 Å². The standard InChI is InChI=1S/C12H14O3S2/c1-2-8-6-9-11(15)7(5-10(13)14)3-4-16-12(9)17-8/h6-7H,2-5H2,1H3,(H,13,14). The van der Waals surface area contributed by atoms with E-state index >= 15 is 0 Å². The van der Waals surface area contributed by atoms with Crippen molar-refractivity contribution in [2.75, 3.05) is 5.75 Å². The molecule has 1 aromatic rings. The van der Waals surface area contributed by atoms with Gasteiger partial charge in [0, 0.05) is 16.4 Å². The Hall–Kier alpha value is -0.810. The van der Waals surface area contributed by atoms with Crippen LogP contribution in [-0.4, -0.2) is 22.6 Å². The Morgan fingerprint density at radius 1 is 1.59 bits per heavy atom. The number of thioether (sulfide) groups is 1. The van der Waals surface area contributed by atoms with Gasteiger partial charge >= 0.3 is 5.97 Å². The van der Waals surface area contributed by atoms with E-state index in [0.717, 1.165) is 21.9 Å². The van der Waals surface area contributed by atoms with Gasteiger partial charge in [0.1, 0.15) is 0 Å². The van der Waals surface area contributed by atoms with Crippen molar-refractivity contribution >= 4 is 34.9 Å². The number of thiophene rings is 1. The summed E-state index contributed by atoms with van der Waals surface area (Å²) in [5.41, 5.74) is 0.751. The molecule has 0 amide bonds. The molecule has 3 nitrogen and oxygen atoms in total. The second-order valence-electron chi connectivity index (χ2n) is 4.06. The highest BCUT2D eigenvalue weighted by atomic mass is 32.2. The molecule has 0 saturated heterocycles. The summed E-state index contributed by atoms with van der Waals surface area (Å²) >= 11 is 3.35. The number of aryl methyl sites for hydroxylation is 1. The molecular weight excluding hydrogens is 256 g/mol. The largest absolute Gasteiger partial charge is 0.481 e. The summed E-state index contributed by atoms with van der Waals surface area (Å²) in [6.45, 7) is 2.06. The minimum absolute atomic E-state index is 0.0170. The highest BCUT2D eigenvalue weighted by Crippen LogP contribution is 2.38. The molecule has 2 rings (SSSR count). The van der Waals surface area contributed by atoms with Gasteiger partial charge in [-0.2, -0.15) is 0 Å². The Kier molecular flexibility index (Phi) is 3.89. The van der Waals surface area contributed by atoms with Gasteiger partial charge in [0.05, 0.1) is 10.6 Å². The molecular formula is C12H14O3S2. The Morgan fingerprint density at radius 3 is 3.00 bits per heavy atom. The van der Waals surface area contributed by atoms with E-state index in [0.29, 0.717) is 6.42 Å². The molecule has 1 aliphatic heterocycles. The molecule has 0 radical (unpaired) electrons. The van der Waals surface area contributed by atoms with Crippen molar-refractivity contribution in [2.45, 2.75) is 30.4 Å². The fourth-order valence-corrected chi connectivity index (χ4v) is 4.47. The fraction of sp³-hybridized carbons (Fsp3) is 0.500. The summed E-state index contributed by atoms with van der Waals surface area (Å²) in [6, 6.07) is 1.94. The van der Waals surface area contributed by atoms with E-state index in [9.17, 15) is 9.59 Å². The molecule has 92 valence electrons. The average Bonchev–Trinajstić information content (AvgIpc) is 2.64. The molecule has 1 N–H and O–H groups in total. The zero-order valence-electron chi connectivity index (χ0n) is 9.56. The van der Waals surface area contributed by atoms with Crippen LogP contribution in [0.1, 0.15) is 35.0 Å². The minimum Gasteiger partial charge on any atom is -0.481 e. The number of fused-ring (bicyclic) bond motifs is 1. The van der Waals surface area contributed by atoms with Crippen LogP contribution in [0.5, 0.6) is 0 Å². The van der Waals surface area contributed by atoms with Crippen LogP contribution in [0.3, 0.4) is 0 Å². The SMILES string of the molecule is CCc1cc2c(s1)SCCC(CC(=O)O)C2=O. The van der Waals surface area contributed by atoms with Gasteiger partial charge < -0.3 is 5.11 Å². The summed E-state index contributed by atoms with van der Waals surface area (Å²) in [7, 11) is 0. The lowest BCUT2D eigenvalue weighted by molar-refractivity contribution is -0.137. The first-order chi connectivity index (χ1) is 8.11. The number of aliphatic carboxylic acids is 1. The van der Waals surface area contributed by atoms with E-state index < -0.39 is 5.97 Å². The number of hydrogen-bond acceptors (Lipinski definition) is 4. The number of carbonyl (C=O) groups is 2. The van der Waals surface area contributed by atoms with Gasteiger partial charge in [-0.05, 0) is 24.7 Å². The molecule has 1 unspecified atom stereocenters. The summed E-state index contributed by atoms with van der Waals surface area (Å²) in [6.07, 6.45) is 1.55. The maximum atomic E-state index is 12.2. The van der Waals surface area contributed by atoms with Crippen LogP contribution in [0.4, 0.5) is 0 Å². The summed E-state index contributed by atoms with van der Waals surface area (Å²) in [5, 5.41) is 8.82. The lowest BCUT2D eigenvalue weighted by Crippen LogP contribution is -2.18. The van der Waals surface area contributed by atoms with E-state index in [1.165, 1.54) is 4.88 Å². The molecule has 0 aliphatic carbocycles. The maximum Gasteiger partial charge on any atom is 0.304 e. The third-order valence-corrected chi connectivity index (χ3v) is 5.45. The minimum atomic E-state index is -0.886. The van der Waals surface area contributed by atoms with Gasteiger partial charge in [-0.1, -0.05) is 6.92 Å². The van der Waals surface area contributed by atoms with Crippen molar-refractivity contribution in [3.63, 3.8) is 0 Å². The molecule has 0 bridgehead atoms. The van der Waals surface area contributed by atoms with Crippen molar-refractivity contribution in [3.8, 4) is 0 Å². The quantitative estimate of drug-likeness (QED) is 0.917. The van der Waals surface area contributed by atoms with Gasteiger partial charge in [0.15, 0.2) is 5.78 Å². The van der Waals surface area contributed by atoms with Crippen LogP contribution in [0.25, 0.3) is 0 Å². The molecule has 1 atom stereocenters. The molecule has 1 aliphatic rings. The van der Waals surface area contributed by atoms with Gasteiger partial charge in [-0.3, -0.25) is 9.59 Å². The van der Waals surface area contributed by atoms with Crippen molar-refractivity contribution < 1.29 is 14.7 Å². The highest BCUT2D eigenvalue weighted by Gasteiger charge is 2.29. The van der Waals surface area contributed by atoms with Crippen molar-refractivity contribution in [3.05, 3.63) is 16.5 Å². The number of rotatable bonds is 3. The van der Waals surface area contributed by atoms with Crippen LogP contribution in [0.2, 0.25) is 0 Å². The Bertz CT molecular complexity index is 451. The third-order valence-electron chi connectivity index (χ3n) is 2.85. The van der Waals surface area contributed by atoms with Gasteiger partial charge in [0.25, 0.3) is 0 Å². The Labute approximate surface area is 108 Å². The zero-order chi connectivity index (χ0) is 12.4. The fourth-order valence-electron chi connectivity index (χ4n) is 1.93. The number of carboxylic acids is 1. The molecule has 1 aromatic heterocycles. The first-order valence-corrected chi connectivity index (χ1v) is 7.43. The number of Topliss-reactive ketones (excluding diaryl/α,β-unsaturated/α-hetero) is 1. The smallest absolute Gasteiger partial charge is 0.304 e.